The zero-order chi connectivity index (χ0) is 18.2. The summed E-state index contributed by atoms with van der Waals surface area (Å²) in [6, 6.07) is 11.1. The summed E-state index contributed by atoms with van der Waals surface area (Å²) in [5.41, 5.74) is 0.480. The molecule has 7 nitrogen and oxygen atoms in total. The Hall–Kier alpha value is -2.92. The third-order valence-electron chi connectivity index (χ3n) is 3.55. The van der Waals surface area contributed by atoms with Crippen molar-refractivity contribution in [1.29, 1.82) is 5.26 Å². The van der Waals surface area contributed by atoms with Gasteiger partial charge in [0, 0.05) is 24.2 Å². The average Bonchev–Trinajstić information content (AvgIpc) is 2.69. The maximum absolute atomic E-state index is 12.0. The van der Waals surface area contributed by atoms with Crippen LogP contribution in [0.5, 0.6) is 11.5 Å². The van der Waals surface area contributed by atoms with E-state index in [4.69, 9.17) is 14.7 Å². The van der Waals surface area contributed by atoms with Crippen molar-refractivity contribution >= 4 is 23.5 Å². The molecule has 2 heterocycles. The molecule has 8 heteroatoms. The lowest BCUT2D eigenvalue weighted by Gasteiger charge is -2.18. The van der Waals surface area contributed by atoms with Crippen molar-refractivity contribution < 1.29 is 14.3 Å². The molecule has 2 N–H and O–H groups in total. The fourth-order valence-corrected chi connectivity index (χ4v) is 3.09. The zero-order valence-electron chi connectivity index (χ0n) is 14.0. The Kier molecular flexibility index (Phi) is 6.17. The van der Waals surface area contributed by atoms with Gasteiger partial charge in [0.15, 0.2) is 11.5 Å². The molecule has 1 aliphatic heterocycles. The highest BCUT2D eigenvalue weighted by molar-refractivity contribution is 8.00. The minimum atomic E-state index is -0.0618. The average molecular weight is 370 g/mol. The topological polar surface area (TPSA) is 96.3 Å². The van der Waals surface area contributed by atoms with Gasteiger partial charge in [-0.2, -0.15) is 5.26 Å². The van der Waals surface area contributed by atoms with E-state index in [0.29, 0.717) is 43.4 Å². The minimum absolute atomic E-state index is 0.0618. The Labute approximate surface area is 155 Å². The van der Waals surface area contributed by atoms with Gasteiger partial charge in [0.05, 0.1) is 11.3 Å². The number of aromatic nitrogens is 1. The van der Waals surface area contributed by atoms with Gasteiger partial charge in [-0.15, -0.1) is 11.8 Å². The number of hydrogen-bond donors (Lipinski definition) is 2. The van der Waals surface area contributed by atoms with E-state index in [0.717, 1.165) is 16.4 Å². The number of nitrogens with one attached hydrogen (secondary N) is 2. The Morgan fingerprint density at radius 3 is 2.92 bits per heavy atom. The molecule has 2 aromatic rings. The smallest absolute Gasteiger partial charge is 0.230 e. The van der Waals surface area contributed by atoms with Crippen LogP contribution in [0.1, 0.15) is 5.56 Å². The van der Waals surface area contributed by atoms with E-state index in [1.165, 1.54) is 11.8 Å². The summed E-state index contributed by atoms with van der Waals surface area (Å²) in [6.45, 7) is 2.04. The number of carbonyl (C=O) groups is 1. The van der Waals surface area contributed by atoms with Crippen LogP contribution in [0.4, 0.5) is 5.82 Å². The molecular formula is C18H18N4O3S. The number of hydrogen-bond acceptors (Lipinski definition) is 7. The summed E-state index contributed by atoms with van der Waals surface area (Å²) in [6.07, 6.45) is 1.62. The molecule has 0 saturated heterocycles. The summed E-state index contributed by atoms with van der Waals surface area (Å²) in [5, 5.41) is 14.9. The lowest BCUT2D eigenvalue weighted by Crippen LogP contribution is -2.30. The van der Waals surface area contributed by atoms with Gasteiger partial charge in [0.2, 0.25) is 5.91 Å². The SMILES string of the molecule is N#Cc1cccnc1NCCNC(=O)CSc1ccc2c(c1)OCCO2. The summed E-state index contributed by atoms with van der Waals surface area (Å²) in [7, 11) is 0. The Balaban J connectivity index is 1.39. The molecule has 1 aromatic carbocycles. The molecule has 0 atom stereocenters. The molecule has 0 unspecified atom stereocenters. The molecule has 0 spiro atoms. The van der Waals surface area contributed by atoms with Crippen LogP contribution in [0.2, 0.25) is 0 Å². The van der Waals surface area contributed by atoms with Crippen LogP contribution in [0.25, 0.3) is 0 Å². The Bertz CT molecular complexity index is 822. The lowest BCUT2D eigenvalue weighted by atomic mass is 10.3. The van der Waals surface area contributed by atoms with Gasteiger partial charge in [-0.1, -0.05) is 0 Å². The van der Waals surface area contributed by atoms with Crippen LogP contribution in [0.3, 0.4) is 0 Å². The van der Waals surface area contributed by atoms with Gasteiger partial charge >= 0.3 is 0 Å². The fraction of sp³-hybridized carbons (Fsp3) is 0.278. The molecule has 0 aliphatic carbocycles. The molecule has 0 fully saturated rings. The molecule has 1 aliphatic rings. The van der Waals surface area contributed by atoms with Crippen molar-refractivity contribution in [1.82, 2.24) is 10.3 Å². The molecular weight excluding hydrogens is 352 g/mol. The number of amides is 1. The van der Waals surface area contributed by atoms with Crippen LogP contribution in [0, 0.1) is 11.3 Å². The van der Waals surface area contributed by atoms with Crippen molar-refractivity contribution in [2.75, 3.05) is 37.4 Å². The van der Waals surface area contributed by atoms with E-state index in [2.05, 4.69) is 21.7 Å². The second kappa shape index (κ2) is 8.97. The number of carbonyl (C=O) groups excluding carboxylic acids is 1. The lowest BCUT2D eigenvalue weighted by molar-refractivity contribution is -0.118. The van der Waals surface area contributed by atoms with E-state index in [-0.39, 0.29) is 5.91 Å². The fourth-order valence-electron chi connectivity index (χ4n) is 2.33. The van der Waals surface area contributed by atoms with Crippen molar-refractivity contribution in [3.05, 3.63) is 42.1 Å². The molecule has 26 heavy (non-hydrogen) atoms. The monoisotopic (exact) mass is 370 g/mol. The molecule has 0 saturated carbocycles. The van der Waals surface area contributed by atoms with E-state index >= 15 is 0 Å². The number of rotatable bonds is 7. The first-order valence-corrected chi connectivity index (χ1v) is 9.13. The molecule has 1 aromatic heterocycles. The van der Waals surface area contributed by atoms with E-state index < -0.39 is 0 Å². The van der Waals surface area contributed by atoms with Crippen LogP contribution < -0.4 is 20.1 Å². The quantitative estimate of drug-likeness (QED) is 0.569. The van der Waals surface area contributed by atoms with Crippen LogP contribution in [-0.2, 0) is 4.79 Å². The van der Waals surface area contributed by atoms with Crippen molar-refractivity contribution in [3.63, 3.8) is 0 Å². The number of pyridine rings is 1. The van der Waals surface area contributed by atoms with Gasteiger partial charge in [-0.25, -0.2) is 4.98 Å². The highest BCUT2D eigenvalue weighted by atomic mass is 32.2. The summed E-state index contributed by atoms with van der Waals surface area (Å²) in [4.78, 5) is 17.0. The standard InChI is InChI=1S/C18H18N4O3S/c19-11-13-2-1-5-21-18(13)22-7-6-20-17(23)12-26-14-3-4-15-16(10-14)25-9-8-24-15/h1-5,10H,6-9,12H2,(H,20,23)(H,21,22). The molecule has 1 amide bonds. The Morgan fingerprint density at radius 2 is 2.08 bits per heavy atom. The molecule has 134 valence electrons. The van der Waals surface area contributed by atoms with Crippen molar-refractivity contribution in [3.8, 4) is 17.6 Å². The van der Waals surface area contributed by atoms with Crippen LogP contribution in [0.15, 0.2) is 41.4 Å². The maximum Gasteiger partial charge on any atom is 0.230 e. The largest absolute Gasteiger partial charge is 0.486 e. The first-order chi connectivity index (χ1) is 12.8. The third-order valence-corrected chi connectivity index (χ3v) is 4.55. The number of fused-ring (bicyclic) bond motifs is 1. The molecule has 0 bridgehead atoms. The van der Waals surface area contributed by atoms with Crippen LogP contribution >= 0.6 is 11.8 Å². The van der Waals surface area contributed by atoms with E-state index in [9.17, 15) is 4.79 Å². The summed E-state index contributed by atoms with van der Waals surface area (Å²) >= 11 is 1.44. The summed E-state index contributed by atoms with van der Waals surface area (Å²) < 4.78 is 11.0. The van der Waals surface area contributed by atoms with Gasteiger partial charge < -0.3 is 20.1 Å². The van der Waals surface area contributed by atoms with Crippen LogP contribution in [-0.4, -0.2) is 42.9 Å². The minimum Gasteiger partial charge on any atom is -0.486 e. The predicted octanol–water partition coefficient (Wildman–Crippen LogP) is 2.04. The maximum atomic E-state index is 12.0. The Morgan fingerprint density at radius 1 is 1.23 bits per heavy atom. The number of thioether (sulfide) groups is 1. The highest BCUT2D eigenvalue weighted by Crippen LogP contribution is 2.34. The number of ether oxygens (including phenoxy) is 2. The van der Waals surface area contributed by atoms with Gasteiger partial charge in [-0.05, 0) is 30.3 Å². The first-order valence-electron chi connectivity index (χ1n) is 8.14. The zero-order valence-corrected chi connectivity index (χ0v) is 14.8. The third kappa shape index (κ3) is 4.80. The van der Waals surface area contributed by atoms with E-state index in [1.807, 2.05) is 18.2 Å². The van der Waals surface area contributed by atoms with Gasteiger partial charge in [0.25, 0.3) is 0 Å². The second-order valence-electron chi connectivity index (χ2n) is 5.38. The predicted molar refractivity (Wildman–Crippen MR) is 98.6 cm³/mol. The van der Waals surface area contributed by atoms with Gasteiger partial charge in [0.1, 0.15) is 25.1 Å². The second-order valence-corrected chi connectivity index (χ2v) is 6.43. The number of nitrogens with zero attached hydrogens (tertiary/aromatic N) is 2. The van der Waals surface area contributed by atoms with Gasteiger partial charge in [-0.3, -0.25) is 4.79 Å². The van der Waals surface area contributed by atoms with Crippen molar-refractivity contribution in [2.24, 2.45) is 0 Å². The first kappa shape index (κ1) is 17.9. The number of anilines is 1. The highest BCUT2D eigenvalue weighted by Gasteiger charge is 2.12. The molecule has 3 rings (SSSR count). The number of benzene rings is 1. The van der Waals surface area contributed by atoms with Crippen molar-refractivity contribution in [2.45, 2.75) is 4.90 Å². The van der Waals surface area contributed by atoms with E-state index in [1.54, 1.807) is 18.3 Å². The summed E-state index contributed by atoms with van der Waals surface area (Å²) in [5.74, 6) is 2.23. The normalized spacial score (nSPS) is 12.1. The number of nitriles is 1. The molecule has 0 radical (unpaired) electrons.